The minimum absolute atomic E-state index is 0.204. The first-order valence-electron chi connectivity index (χ1n) is 5.77. The minimum atomic E-state index is -0.354. The van der Waals surface area contributed by atoms with Crippen molar-refractivity contribution in [3.8, 4) is 0 Å². The number of carbonyl (C=O) groups is 1. The van der Waals surface area contributed by atoms with Gasteiger partial charge >= 0.3 is 0 Å². The standard InChI is InChI=1S/C14H10Cl2N2O/c15-9-5-2-1-4-8(9)13-17-11-7-3-6-10(16)12(11)14(19)18-13/h1-7,13,17H,(H,18,19). The highest BCUT2D eigenvalue weighted by molar-refractivity contribution is 6.35. The summed E-state index contributed by atoms with van der Waals surface area (Å²) in [5, 5.41) is 7.11. The number of hydrogen-bond acceptors (Lipinski definition) is 2. The summed E-state index contributed by atoms with van der Waals surface area (Å²) in [7, 11) is 0. The maximum absolute atomic E-state index is 12.1. The molecule has 2 aromatic rings. The fraction of sp³-hybridized carbons (Fsp3) is 0.0714. The van der Waals surface area contributed by atoms with Crippen molar-refractivity contribution in [3.63, 3.8) is 0 Å². The fourth-order valence-corrected chi connectivity index (χ4v) is 2.64. The molecule has 1 heterocycles. The third-order valence-corrected chi connectivity index (χ3v) is 3.69. The first-order chi connectivity index (χ1) is 9.16. The number of amides is 1. The predicted octanol–water partition coefficient (Wildman–Crippen LogP) is 3.85. The summed E-state index contributed by atoms with van der Waals surface area (Å²) >= 11 is 12.2. The molecule has 3 nitrogen and oxygen atoms in total. The topological polar surface area (TPSA) is 41.1 Å². The van der Waals surface area contributed by atoms with Crippen LogP contribution in [0.5, 0.6) is 0 Å². The second-order valence-corrected chi connectivity index (χ2v) is 5.05. The lowest BCUT2D eigenvalue weighted by molar-refractivity contribution is 0.0936. The van der Waals surface area contributed by atoms with Crippen LogP contribution in [0.25, 0.3) is 0 Å². The Kier molecular flexibility index (Phi) is 3.09. The van der Waals surface area contributed by atoms with Crippen LogP contribution in [0.3, 0.4) is 0 Å². The summed E-state index contributed by atoms with van der Waals surface area (Å²) in [5.74, 6) is -0.204. The molecule has 0 fully saturated rings. The molecular weight excluding hydrogens is 283 g/mol. The molecule has 0 aromatic heterocycles. The van der Waals surface area contributed by atoms with Gasteiger partial charge in [-0.1, -0.05) is 47.5 Å². The van der Waals surface area contributed by atoms with Crippen LogP contribution in [0.15, 0.2) is 42.5 Å². The quantitative estimate of drug-likeness (QED) is 0.838. The smallest absolute Gasteiger partial charge is 0.256 e. The number of nitrogens with one attached hydrogen (secondary N) is 2. The van der Waals surface area contributed by atoms with Crippen molar-refractivity contribution in [2.24, 2.45) is 0 Å². The Morgan fingerprint density at radius 2 is 1.63 bits per heavy atom. The van der Waals surface area contributed by atoms with E-state index in [-0.39, 0.29) is 12.1 Å². The molecule has 0 saturated carbocycles. The zero-order valence-electron chi connectivity index (χ0n) is 9.78. The Balaban J connectivity index is 2.03. The third kappa shape index (κ3) is 2.15. The molecule has 1 aliphatic heterocycles. The summed E-state index contributed by atoms with van der Waals surface area (Å²) in [6.07, 6.45) is -0.354. The van der Waals surface area contributed by atoms with Crippen LogP contribution in [0.1, 0.15) is 22.1 Å². The summed E-state index contributed by atoms with van der Waals surface area (Å²) in [4.78, 5) is 12.1. The second kappa shape index (κ2) is 4.76. The van der Waals surface area contributed by atoms with Crippen LogP contribution >= 0.6 is 23.2 Å². The third-order valence-electron chi connectivity index (χ3n) is 3.03. The maximum atomic E-state index is 12.1. The Morgan fingerprint density at radius 1 is 0.895 bits per heavy atom. The summed E-state index contributed by atoms with van der Waals surface area (Å²) in [6.45, 7) is 0. The van der Waals surface area contributed by atoms with Crippen molar-refractivity contribution in [2.75, 3.05) is 5.32 Å². The number of benzene rings is 2. The Morgan fingerprint density at radius 3 is 2.42 bits per heavy atom. The molecule has 1 atom stereocenters. The van der Waals surface area contributed by atoms with E-state index in [9.17, 15) is 4.79 Å². The number of anilines is 1. The normalized spacial score (nSPS) is 17.4. The Labute approximate surface area is 120 Å². The fourth-order valence-electron chi connectivity index (χ4n) is 2.13. The molecule has 0 bridgehead atoms. The second-order valence-electron chi connectivity index (χ2n) is 4.23. The molecule has 1 unspecified atom stereocenters. The zero-order valence-corrected chi connectivity index (χ0v) is 11.3. The van der Waals surface area contributed by atoms with Crippen molar-refractivity contribution < 1.29 is 4.79 Å². The van der Waals surface area contributed by atoms with Gasteiger partial charge in [-0.3, -0.25) is 4.79 Å². The Bertz CT molecular complexity index is 658. The van der Waals surface area contributed by atoms with Gasteiger partial charge in [0.15, 0.2) is 0 Å². The average Bonchev–Trinajstić information content (AvgIpc) is 2.39. The van der Waals surface area contributed by atoms with Crippen molar-refractivity contribution in [1.29, 1.82) is 0 Å². The lowest BCUT2D eigenvalue weighted by Gasteiger charge is -2.29. The molecule has 1 aliphatic rings. The SMILES string of the molecule is O=C1NC(c2ccccc2Cl)Nc2cccc(Cl)c21. The van der Waals surface area contributed by atoms with E-state index in [2.05, 4.69) is 10.6 Å². The molecule has 5 heteroatoms. The van der Waals surface area contributed by atoms with E-state index in [0.717, 1.165) is 5.56 Å². The average molecular weight is 293 g/mol. The highest BCUT2D eigenvalue weighted by atomic mass is 35.5. The Hall–Kier alpha value is -1.71. The van der Waals surface area contributed by atoms with Crippen molar-refractivity contribution >= 4 is 34.8 Å². The van der Waals surface area contributed by atoms with Gasteiger partial charge in [0, 0.05) is 10.6 Å². The molecule has 19 heavy (non-hydrogen) atoms. The lowest BCUT2D eigenvalue weighted by Crippen LogP contribution is -2.38. The highest BCUT2D eigenvalue weighted by Gasteiger charge is 2.27. The van der Waals surface area contributed by atoms with E-state index < -0.39 is 0 Å². The van der Waals surface area contributed by atoms with Gasteiger partial charge in [-0.05, 0) is 18.2 Å². The van der Waals surface area contributed by atoms with Crippen molar-refractivity contribution in [3.05, 3.63) is 63.6 Å². The van der Waals surface area contributed by atoms with E-state index in [0.29, 0.717) is 21.3 Å². The van der Waals surface area contributed by atoms with Gasteiger partial charge < -0.3 is 10.6 Å². The lowest BCUT2D eigenvalue weighted by atomic mass is 10.1. The summed E-state index contributed by atoms with van der Waals surface area (Å²) in [5.41, 5.74) is 2.00. The van der Waals surface area contributed by atoms with Gasteiger partial charge in [-0.25, -0.2) is 0 Å². The first kappa shape index (κ1) is 12.3. The zero-order chi connectivity index (χ0) is 13.4. The number of carbonyl (C=O) groups excluding carboxylic acids is 1. The van der Waals surface area contributed by atoms with E-state index >= 15 is 0 Å². The molecule has 1 amide bonds. The van der Waals surface area contributed by atoms with Crippen molar-refractivity contribution in [1.82, 2.24) is 5.32 Å². The minimum Gasteiger partial charge on any atom is -0.361 e. The molecule has 3 rings (SSSR count). The van der Waals surface area contributed by atoms with Crippen LogP contribution < -0.4 is 10.6 Å². The van der Waals surface area contributed by atoms with Gasteiger partial charge in [0.1, 0.15) is 6.17 Å². The summed E-state index contributed by atoms with van der Waals surface area (Å²) in [6, 6.07) is 12.7. The van der Waals surface area contributed by atoms with E-state index in [4.69, 9.17) is 23.2 Å². The first-order valence-corrected chi connectivity index (χ1v) is 6.53. The maximum Gasteiger partial charge on any atom is 0.256 e. The molecule has 0 saturated heterocycles. The molecule has 0 spiro atoms. The largest absolute Gasteiger partial charge is 0.361 e. The van der Waals surface area contributed by atoms with Gasteiger partial charge in [0.05, 0.1) is 16.3 Å². The van der Waals surface area contributed by atoms with E-state index in [1.54, 1.807) is 18.2 Å². The number of hydrogen-bond donors (Lipinski definition) is 2. The highest BCUT2D eigenvalue weighted by Crippen LogP contribution is 2.33. The monoisotopic (exact) mass is 292 g/mol. The molecule has 96 valence electrons. The molecule has 0 radical (unpaired) electrons. The number of rotatable bonds is 1. The van der Waals surface area contributed by atoms with Crippen LogP contribution in [0, 0.1) is 0 Å². The van der Waals surface area contributed by atoms with Crippen molar-refractivity contribution in [2.45, 2.75) is 6.17 Å². The number of halogens is 2. The molecule has 0 aliphatic carbocycles. The summed E-state index contributed by atoms with van der Waals surface area (Å²) < 4.78 is 0. The van der Waals surface area contributed by atoms with Crippen LogP contribution in [0.4, 0.5) is 5.69 Å². The van der Waals surface area contributed by atoms with Gasteiger partial charge in [0.2, 0.25) is 0 Å². The van der Waals surface area contributed by atoms with Gasteiger partial charge in [0.25, 0.3) is 5.91 Å². The van der Waals surface area contributed by atoms with Crippen LogP contribution in [-0.2, 0) is 0 Å². The van der Waals surface area contributed by atoms with E-state index in [1.807, 2.05) is 24.3 Å². The van der Waals surface area contributed by atoms with Gasteiger partial charge in [-0.15, -0.1) is 0 Å². The van der Waals surface area contributed by atoms with Crippen LogP contribution in [-0.4, -0.2) is 5.91 Å². The van der Waals surface area contributed by atoms with E-state index in [1.165, 1.54) is 0 Å². The van der Waals surface area contributed by atoms with Gasteiger partial charge in [-0.2, -0.15) is 0 Å². The molecular formula is C14H10Cl2N2O. The molecule has 2 aromatic carbocycles. The number of fused-ring (bicyclic) bond motifs is 1. The molecule has 2 N–H and O–H groups in total. The predicted molar refractivity (Wildman–Crippen MR) is 76.7 cm³/mol. The van der Waals surface area contributed by atoms with Crippen LogP contribution in [0.2, 0.25) is 10.0 Å².